The number of hydrogen-bond donors (Lipinski definition) is 1. The van der Waals surface area contributed by atoms with Crippen LogP contribution in [-0.2, 0) is 4.79 Å². The summed E-state index contributed by atoms with van der Waals surface area (Å²) in [6, 6.07) is 10.7. The molecule has 168 valence electrons. The van der Waals surface area contributed by atoms with E-state index < -0.39 is 12.0 Å². The SMILES string of the molecule is CCOc1cc(C(c2ccc(OC)c(OC)c2)N2CCCCC2C(=O)O)ccc1OC. The average Bonchev–Trinajstić information content (AvgIpc) is 2.79. The lowest BCUT2D eigenvalue weighted by molar-refractivity contribution is -0.145. The second-order valence-corrected chi connectivity index (χ2v) is 7.45. The van der Waals surface area contributed by atoms with Gasteiger partial charge in [0, 0.05) is 0 Å². The molecular formula is C24H31NO6. The van der Waals surface area contributed by atoms with Crippen molar-refractivity contribution < 1.29 is 28.8 Å². The molecule has 0 aliphatic carbocycles. The second-order valence-electron chi connectivity index (χ2n) is 7.45. The highest BCUT2D eigenvalue weighted by Crippen LogP contribution is 2.40. The zero-order valence-electron chi connectivity index (χ0n) is 18.6. The minimum atomic E-state index is -0.802. The predicted molar refractivity (Wildman–Crippen MR) is 118 cm³/mol. The number of carbonyl (C=O) groups is 1. The summed E-state index contributed by atoms with van der Waals surface area (Å²) in [5, 5.41) is 9.92. The van der Waals surface area contributed by atoms with E-state index in [9.17, 15) is 9.90 Å². The van der Waals surface area contributed by atoms with E-state index in [4.69, 9.17) is 18.9 Å². The largest absolute Gasteiger partial charge is 0.493 e. The summed E-state index contributed by atoms with van der Waals surface area (Å²) in [7, 11) is 4.80. The van der Waals surface area contributed by atoms with Gasteiger partial charge >= 0.3 is 5.97 Å². The third-order valence-corrected chi connectivity index (χ3v) is 5.69. The van der Waals surface area contributed by atoms with E-state index in [0.717, 1.165) is 24.0 Å². The minimum Gasteiger partial charge on any atom is -0.493 e. The normalized spacial score (nSPS) is 17.6. The molecule has 0 spiro atoms. The Kier molecular flexibility index (Phi) is 7.63. The molecule has 3 rings (SSSR count). The minimum absolute atomic E-state index is 0.286. The number of rotatable bonds is 9. The molecule has 7 heteroatoms. The second kappa shape index (κ2) is 10.4. The fourth-order valence-corrected chi connectivity index (χ4v) is 4.26. The number of aliphatic carboxylic acids is 1. The summed E-state index contributed by atoms with van der Waals surface area (Å²) in [5.41, 5.74) is 1.86. The van der Waals surface area contributed by atoms with Gasteiger partial charge in [0.05, 0.1) is 34.0 Å². The van der Waals surface area contributed by atoms with Crippen LogP contribution in [0.3, 0.4) is 0 Å². The van der Waals surface area contributed by atoms with Crippen LogP contribution in [0.25, 0.3) is 0 Å². The van der Waals surface area contributed by atoms with E-state index in [1.54, 1.807) is 21.3 Å². The molecule has 0 aromatic heterocycles. The van der Waals surface area contributed by atoms with E-state index in [1.807, 2.05) is 43.3 Å². The van der Waals surface area contributed by atoms with Crippen LogP contribution in [-0.4, -0.2) is 56.5 Å². The van der Waals surface area contributed by atoms with Gasteiger partial charge in [0.15, 0.2) is 23.0 Å². The van der Waals surface area contributed by atoms with E-state index in [2.05, 4.69) is 4.90 Å². The smallest absolute Gasteiger partial charge is 0.320 e. The molecule has 2 atom stereocenters. The summed E-state index contributed by atoms with van der Waals surface area (Å²) in [4.78, 5) is 14.2. The molecule has 0 radical (unpaired) electrons. The lowest BCUT2D eigenvalue weighted by atomic mass is 9.91. The van der Waals surface area contributed by atoms with Crippen LogP contribution in [0, 0.1) is 0 Å². The Balaban J connectivity index is 2.15. The molecule has 1 aliphatic heterocycles. The first-order chi connectivity index (χ1) is 15.0. The highest BCUT2D eigenvalue weighted by atomic mass is 16.5. The summed E-state index contributed by atoms with van der Waals surface area (Å²) < 4.78 is 22.1. The topological polar surface area (TPSA) is 77.5 Å². The molecule has 2 aromatic rings. The number of carboxylic acid groups (broad SMARTS) is 1. The first-order valence-corrected chi connectivity index (χ1v) is 10.5. The Hall–Kier alpha value is -2.93. The van der Waals surface area contributed by atoms with Gasteiger partial charge in [0.2, 0.25) is 0 Å². The number of benzene rings is 2. The van der Waals surface area contributed by atoms with Crippen LogP contribution < -0.4 is 18.9 Å². The van der Waals surface area contributed by atoms with Crippen molar-refractivity contribution in [2.75, 3.05) is 34.5 Å². The maximum atomic E-state index is 12.1. The maximum Gasteiger partial charge on any atom is 0.320 e. The Labute approximate surface area is 183 Å². The van der Waals surface area contributed by atoms with Crippen molar-refractivity contribution in [2.24, 2.45) is 0 Å². The van der Waals surface area contributed by atoms with Crippen molar-refractivity contribution in [1.29, 1.82) is 0 Å². The molecule has 1 fully saturated rings. The van der Waals surface area contributed by atoms with Crippen LogP contribution in [0.4, 0.5) is 0 Å². The summed E-state index contributed by atoms with van der Waals surface area (Å²) in [6.45, 7) is 3.11. The van der Waals surface area contributed by atoms with Crippen LogP contribution in [0.15, 0.2) is 36.4 Å². The lowest BCUT2D eigenvalue weighted by Crippen LogP contribution is -2.46. The number of hydrogen-bond acceptors (Lipinski definition) is 6. The van der Waals surface area contributed by atoms with Gasteiger partial charge < -0.3 is 24.1 Å². The van der Waals surface area contributed by atoms with Gasteiger partial charge in [0.25, 0.3) is 0 Å². The standard InChI is InChI=1S/C24H31NO6/c1-5-31-22-15-17(10-12-20(22)29-3)23(25-13-7-6-8-18(25)24(26)27)16-9-11-19(28-2)21(14-16)30-4/h9-12,14-15,18,23H,5-8,13H2,1-4H3,(H,26,27). The number of carboxylic acids is 1. The molecule has 1 saturated heterocycles. The number of ether oxygens (including phenoxy) is 4. The monoisotopic (exact) mass is 429 g/mol. The van der Waals surface area contributed by atoms with Gasteiger partial charge in [-0.2, -0.15) is 0 Å². The number of methoxy groups -OCH3 is 3. The Bertz CT molecular complexity index is 900. The molecule has 31 heavy (non-hydrogen) atoms. The number of likely N-dealkylation sites (tertiary alicyclic amines) is 1. The summed E-state index contributed by atoms with van der Waals surface area (Å²) in [6.07, 6.45) is 2.47. The summed E-state index contributed by atoms with van der Waals surface area (Å²) >= 11 is 0. The molecular weight excluding hydrogens is 398 g/mol. The molecule has 0 amide bonds. The molecule has 0 bridgehead atoms. The van der Waals surface area contributed by atoms with Crippen molar-refractivity contribution in [3.63, 3.8) is 0 Å². The van der Waals surface area contributed by atoms with Gasteiger partial charge in [0.1, 0.15) is 6.04 Å². The molecule has 7 nitrogen and oxygen atoms in total. The predicted octanol–water partition coefficient (Wildman–Crippen LogP) is 4.14. The van der Waals surface area contributed by atoms with Gasteiger partial charge in [-0.05, 0) is 61.7 Å². The third-order valence-electron chi connectivity index (χ3n) is 5.69. The fraction of sp³-hybridized carbons (Fsp3) is 0.458. The van der Waals surface area contributed by atoms with Crippen molar-refractivity contribution >= 4 is 5.97 Å². The zero-order chi connectivity index (χ0) is 22.4. The first-order valence-electron chi connectivity index (χ1n) is 10.5. The van der Waals surface area contributed by atoms with E-state index in [0.29, 0.717) is 42.6 Å². The van der Waals surface area contributed by atoms with Crippen LogP contribution in [0.1, 0.15) is 43.4 Å². The maximum absolute atomic E-state index is 12.1. The Morgan fingerprint density at radius 2 is 1.55 bits per heavy atom. The van der Waals surface area contributed by atoms with Crippen molar-refractivity contribution in [2.45, 2.75) is 38.3 Å². The number of nitrogens with zero attached hydrogens (tertiary/aromatic N) is 1. The molecule has 1 aliphatic rings. The molecule has 2 aromatic carbocycles. The first kappa shape index (κ1) is 22.7. The van der Waals surface area contributed by atoms with Gasteiger partial charge in [-0.1, -0.05) is 18.6 Å². The van der Waals surface area contributed by atoms with Crippen LogP contribution in [0.2, 0.25) is 0 Å². The highest BCUT2D eigenvalue weighted by molar-refractivity contribution is 5.73. The summed E-state index contributed by atoms with van der Waals surface area (Å²) in [5.74, 6) is 1.71. The molecule has 1 N–H and O–H groups in total. The quantitative estimate of drug-likeness (QED) is 0.642. The fourth-order valence-electron chi connectivity index (χ4n) is 4.26. The van der Waals surface area contributed by atoms with E-state index >= 15 is 0 Å². The van der Waals surface area contributed by atoms with Crippen molar-refractivity contribution in [1.82, 2.24) is 4.90 Å². The Morgan fingerprint density at radius 3 is 2.10 bits per heavy atom. The van der Waals surface area contributed by atoms with Crippen LogP contribution in [0.5, 0.6) is 23.0 Å². The Morgan fingerprint density at radius 1 is 0.968 bits per heavy atom. The average molecular weight is 430 g/mol. The van der Waals surface area contributed by atoms with Crippen molar-refractivity contribution in [3.8, 4) is 23.0 Å². The number of piperidine rings is 1. The highest BCUT2D eigenvalue weighted by Gasteiger charge is 2.35. The molecule has 1 heterocycles. The van der Waals surface area contributed by atoms with E-state index in [-0.39, 0.29) is 6.04 Å². The molecule has 2 unspecified atom stereocenters. The lowest BCUT2D eigenvalue weighted by Gasteiger charge is -2.40. The van der Waals surface area contributed by atoms with Crippen LogP contribution >= 0.6 is 0 Å². The van der Waals surface area contributed by atoms with Gasteiger partial charge in [-0.3, -0.25) is 9.69 Å². The van der Waals surface area contributed by atoms with Gasteiger partial charge in [-0.15, -0.1) is 0 Å². The third kappa shape index (κ3) is 4.88. The van der Waals surface area contributed by atoms with Gasteiger partial charge in [-0.25, -0.2) is 0 Å². The van der Waals surface area contributed by atoms with Crippen molar-refractivity contribution in [3.05, 3.63) is 47.5 Å². The molecule has 0 saturated carbocycles. The zero-order valence-corrected chi connectivity index (χ0v) is 18.6. The van der Waals surface area contributed by atoms with E-state index in [1.165, 1.54) is 0 Å².